The summed E-state index contributed by atoms with van der Waals surface area (Å²) in [6.45, 7) is 8.26. The van der Waals surface area contributed by atoms with E-state index in [1.165, 1.54) is 24.8 Å². The monoisotopic (exact) mass is 249 g/mol. The summed E-state index contributed by atoms with van der Waals surface area (Å²) < 4.78 is 1.88. The lowest BCUT2D eigenvalue weighted by Crippen LogP contribution is -2.42. The van der Waals surface area contributed by atoms with Crippen LogP contribution in [-0.2, 0) is 13.5 Å². The van der Waals surface area contributed by atoms with E-state index < -0.39 is 0 Å². The summed E-state index contributed by atoms with van der Waals surface area (Å²) in [5, 5.41) is 7.93. The van der Waals surface area contributed by atoms with Crippen LogP contribution in [0.25, 0.3) is 0 Å². The summed E-state index contributed by atoms with van der Waals surface area (Å²) in [5.74, 6) is 0.794. The average Bonchev–Trinajstić information content (AvgIpc) is 2.67. The molecule has 0 radical (unpaired) electrons. The van der Waals surface area contributed by atoms with E-state index in [1.54, 1.807) is 0 Å². The minimum atomic E-state index is 0.543. The van der Waals surface area contributed by atoms with Gasteiger partial charge in [0.1, 0.15) is 0 Å². The van der Waals surface area contributed by atoms with Crippen molar-refractivity contribution in [2.45, 2.75) is 52.5 Å². The van der Waals surface area contributed by atoms with Crippen LogP contribution in [-0.4, -0.2) is 22.4 Å². The lowest BCUT2D eigenvalue weighted by atomic mass is 9.70. The number of aryl methyl sites for hydroxylation is 1. The fraction of sp³-hybridized carbons (Fsp3) is 0.800. The van der Waals surface area contributed by atoms with Crippen molar-refractivity contribution in [1.29, 1.82) is 0 Å². The maximum Gasteiger partial charge on any atom is 0.0522 e. The third-order valence-electron chi connectivity index (χ3n) is 4.27. The summed E-state index contributed by atoms with van der Waals surface area (Å²) >= 11 is 0. The molecule has 0 aromatic carbocycles. The number of hydrogen-bond acceptors (Lipinski definition) is 2. The lowest BCUT2D eigenvalue weighted by Gasteiger charge is -2.39. The first kappa shape index (κ1) is 13.6. The van der Waals surface area contributed by atoms with Crippen LogP contribution in [0.1, 0.15) is 45.6 Å². The molecule has 0 amide bonds. The van der Waals surface area contributed by atoms with Crippen molar-refractivity contribution in [2.24, 2.45) is 18.4 Å². The minimum Gasteiger partial charge on any atom is -0.313 e. The molecular formula is C15H27N3. The summed E-state index contributed by atoms with van der Waals surface area (Å²) in [7, 11) is 1.97. The summed E-state index contributed by atoms with van der Waals surface area (Å²) in [6.07, 6.45) is 9.17. The van der Waals surface area contributed by atoms with Crippen LogP contribution in [0.5, 0.6) is 0 Å². The zero-order valence-corrected chi connectivity index (χ0v) is 12.2. The van der Waals surface area contributed by atoms with Crippen LogP contribution >= 0.6 is 0 Å². The fourth-order valence-electron chi connectivity index (χ4n) is 3.25. The molecule has 0 aliphatic heterocycles. The van der Waals surface area contributed by atoms with Gasteiger partial charge in [0.15, 0.2) is 0 Å². The standard InChI is InChI=1S/C15H27N3/c1-12-9-15(2,3)7-5-14(12)16-8-6-13-10-17-18(4)11-13/h10-12,14,16H,5-9H2,1-4H3. The Morgan fingerprint density at radius 1 is 1.50 bits per heavy atom. The Kier molecular flexibility index (Phi) is 4.10. The van der Waals surface area contributed by atoms with Crippen molar-refractivity contribution in [2.75, 3.05) is 6.54 Å². The van der Waals surface area contributed by atoms with Gasteiger partial charge in [-0.15, -0.1) is 0 Å². The second-order valence-electron chi connectivity index (χ2n) is 6.72. The first-order valence-corrected chi connectivity index (χ1v) is 7.17. The van der Waals surface area contributed by atoms with E-state index >= 15 is 0 Å². The molecule has 0 bridgehead atoms. The lowest BCUT2D eigenvalue weighted by molar-refractivity contribution is 0.149. The van der Waals surface area contributed by atoms with Gasteiger partial charge >= 0.3 is 0 Å². The van der Waals surface area contributed by atoms with Gasteiger partial charge in [-0.25, -0.2) is 0 Å². The number of nitrogens with zero attached hydrogens (tertiary/aromatic N) is 2. The number of rotatable bonds is 4. The maximum atomic E-state index is 4.20. The topological polar surface area (TPSA) is 29.9 Å². The van der Waals surface area contributed by atoms with Crippen molar-refractivity contribution < 1.29 is 0 Å². The molecule has 2 rings (SSSR count). The smallest absolute Gasteiger partial charge is 0.0522 e. The normalized spacial score (nSPS) is 27.3. The molecule has 2 atom stereocenters. The fourth-order valence-corrected chi connectivity index (χ4v) is 3.25. The summed E-state index contributed by atoms with van der Waals surface area (Å²) in [6, 6.07) is 0.703. The zero-order valence-electron chi connectivity index (χ0n) is 12.2. The van der Waals surface area contributed by atoms with Crippen molar-refractivity contribution >= 4 is 0 Å². The quantitative estimate of drug-likeness (QED) is 0.889. The van der Waals surface area contributed by atoms with Crippen molar-refractivity contribution in [3.63, 3.8) is 0 Å². The molecule has 1 aromatic heterocycles. The highest BCUT2D eigenvalue weighted by Gasteiger charge is 2.31. The molecule has 1 aromatic rings. The number of hydrogen-bond donors (Lipinski definition) is 1. The molecule has 1 saturated carbocycles. The minimum absolute atomic E-state index is 0.543. The number of aromatic nitrogens is 2. The van der Waals surface area contributed by atoms with E-state index in [1.807, 2.05) is 17.9 Å². The van der Waals surface area contributed by atoms with E-state index in [4.69, 9.17) is 0 Å². The average molecular weight is 249 g/mol. The van der Waals surface area contributed by atoms with Crippen molar-refractivity contribution in [3.8, 4) is 0 Å². The highest BCUT2D eigenvalue weighted by atomic mass is 15.2. The molecule has 1 heterocycles. The van der Waals surface area contributed by atoms with Gasteiger partial charge in [0, 0.05) is 19.3 Å². The molecule has 1 fully saturated rings. The maximum absolute atomic E-state index is 4.20. The van der Waals surface area contributed by atoms with Crippen LogP contribution < -0.4 is 5.32 Å². The largest absolute Gasteiger partial charge is 0.313 e. The Labute approximate surface area is 111 Å². The van der Waals surface area contributed by atoms with Crippen LogP contribution in [0.2, 0.25) is 0 Å². The van der Waals surface area contributed by atoms with Crippen LogP contribution in [0.15, 0.2) is 12.4 Å². The predicted molar refractivity (Wildman–Crippen MR) is 75.5 cm³/mol. The molecule has 3 nitrogen and oxygen atoms in total. The number of nitrogens with one attached hydrogen (secondary N) is 1. The van der Waals surface area contributed by atoms with Gasteiger partial charge < -0.3 is 5.32 Å². The van der Waals surface area contributed by atoms with Crippen LogP contribution in [0.3, 0.4) is 0 Å². The second-order valence-corrected chi connectivity index (χ2v) is 6.72. The van der Waals surface area contributed by atoms with Gasteiger partial charge in [-0.2, -0.15) is 5.10 Å². The van der Waals surface area contributed by atoms with E-state index in [9.17, 15) is 0 Å². The van der Waals surface area contributed by atoms with Gasteiger partial charge in [0.05, 0.1) is 6.20 Å². The third kappa shape index (κ3) is 3.58. The predicted octanol–water partition coefficient (Wildman–Crippen LogP) is 2.77. The molecule has 18 heavy (non-hydrogen) atoms. The van der Waals surface area contributed by atoms with Gasteiger partial charge in [-0.1, -0.05) is 20.8 Å². The first-order valence-electron chi connectivity index (χ1n) is 7.17. The van der Waals surface area contributed by atoms with E-state index in [0.29, 0.717) is 11.5 Å². The SMILES string of the molecule is CC1CC(C)(C)CCC1NCCc1cnn(C)c1. The van der Waals surface area contributed by atoms with E-state index in [2.05, 4.69) is 37.4 Å². The van der Waals surface area contributed by atoms with Crippen LogP contribution in [0, 0.1) is 11.3 Å². The molecule has 1 N–H and O–H groups in total. The highest BCUT2D eigenvalue weighted by molar-refractivity contribution is 5.04. The molecular weight excluding hydrogens is 222 g/mol. The molecule has 0 spiro atoms. The molecule has 102 valence electrons. The van der Waals surface area contributed by atoms with Gasteiger partial charge in [0.25, 0.3) is 0 Å². The first-order chi connectivity index (χ1) is 8.46. The summed E-state index contributed by atoms with van der Waals surface area (Å²) in [5.41, 5.74) is 1.87. The Morgan fingerprint density at radius 3 is 2.89 bits per heavy atom. The van der Waals surface area contributed by atoms with E-state index in [0.717, 1.165) is 18.9 Å². The Hall–Kier alpha value is -0.830. The molecule has 1 aliphatic carbocycles. The molecule has 2 unspecified atom stereocenters. The van der Waals surface area contributed by atoms with Gasteiger partial charge in [-0.3, -0.25) is 4.68 Å². The van der Waals surface area contributed by atoms with Crippen molar-refractivity contribution in [3.05, 3.63) is 18.0 Å². The zero-order chi connectivity index (χ0) is 13.2. The molecule has 3 heteroatoms. The van der Waals surface area contributed by atoms with Gasteiger partial charge in [-0.05, 0) is 49.1 Å². The second kappa shape index (κ2) is 5.43. The third-order valence-corrected chi connectivity index (χ3v) is 4.27. The highest BCUT2D eigenvalue weighted by Crippen LogP contribution is 2.38. The molecule has 1 aliphatic rings. The van der Waals surface area contributed by atoms with Crippen LogP contribution in [0.4, 0.5) is 0 Å². The Balaban J connectivity index is 1.74. The van der Waals surface area contributed by atoms with Gasteiger partial charge in [0.2, 0.25) is 0 Å². The Morgan fingerprint density at radius 2 is 2.28 bits per heavy atom. The Bertz CT molecular complexity index is 381. The van der Waals surface area contributed by atoms with Crippen molar-refractivity contribution in [1.82, 2.24) is 15.1 Å². The summed E-state index contributed by atoms with van der Waals surface area (Å²) in [4.78, 5) is 0. The van der Waals surface area contributed by atoms with E-state index in [-0.39, 0.29) is 0 Å². The molecule has 0 saturated heterocycles.